The molecule has 1 nitrogen and oxygen atoms in total. The average Bonchev–Trinajstić information content (AvgIpc) is 1.98. The summed E-state index contributed by atoms with van der Waals surface area (Å²) < 4.78 is 51.3. The second-order valence-electron chi connectivity index (χ2n) is 4.34. The Labute approximate surface area is 96.5 Å². The van der Waals surface area contributed by atoms with Gasteiger partial charge in [-0.2, -0.15) is 0 Å². The Bertz CT molecular complexity index is 204. The van der Waals surface area contributed by atoms with E-state index in [4.69, 9.17) is 0 Å². The van der Waals surface area contributed by atoms with Crippen molar-refractivity contribution in [3.8, 4) is 0 Å². The summed E-state index contributed by atoms with van der Waals surface area (Å²) in [6.07, 6.45) is 0. The van der Waals surface area contributed by atoms with E-state index in [0.717, 1.165) is 0 Å². The monoisotopic (exact) mass is 264 g/mol. The van der Waals surface area contributed by atoms with Gasteiger partial charge in [-0.05, 0) is 41.5 Å². The summed E-state index contributed by atoms with van der Waals surface area (Å²) in [4.78, 5) is 0. The Balaban J connectivity index is 0. The molecule has 0 fully saturated rings. The summed E-state index contributed by atoms with van der Waals surface area (Å²) in [5.41, 5.74) is 0. The molecule has 0 aliphatic rings. The van der Waals surface area contributed by atoms with Crippen molar-refractivity contribution in [2.24, 2.45) is 0 Å². The molecule has 0 radical (unpaired) electrons. The Morgan fingerprint density at radius 1 is 0.750 bits per heavy atom. The van der Waals surface area contributed by atoms with Gasteiger partial charge in [-0.3, -0.25) is 0 Å². The number of hydrogen-bond acceptors (Lipinski definition) is 1. The van der Waals surface area contributed by atoms with Crippen LogP contribution in [0, 0.1) is 0 Å². The maximum Gasteiger partial charge on any atom is 0.673 e. The van der Waals surface area contributed by atoms with Gasteiger partial charge >= 0.3 is 7.25 Å². The minimum Gasteiger partial charge on any atom is -0.418 e. The third-order valence-electron chi connectivity index (χ3n) is 2.21. The first-order valence-corrected chi connectivity index (χ1v) is 6.96. The normalized spacial score (nSPS) is 13.1. The summed E-state index contributed by atoms with van der Waals surface area (Å²) in [6.45, 7) is 12.3. The minimum atomic E-state index is -6.00. The quantitative estimate of drug-likeness (QED) is 0.427. The van der Waals surface area contributed by atoms with Gasteiger partial charge < -0.3 is 17.3 Å². The zero-order valence-corrected chi connectivity index (χ0v) is 11.5. The van der Waals surface area contributed by atoms with Crippen LogP contribution in [0.4, 0.5) is 17.3 Å². The smallest absolute Gasteiger partial charge is 0.418 e. The van der Waals surface area contributed by atoms with Crippen molar-refractivity contribution in [3.63, 3.8) is 0 Å². The lowest BCUT2D eigenvalue weighted by molar-refractivity contribution is 0.368. The van der Waals surface area contributed by atoms with Gasteiger partial charge in [-0.25, -0.2) is 0 Å². The summed E-state index contributed by atoms with van der Waals surface area (Å²) in [5.74, 6) is 0. The maximum absolute atomic E-state index is 12.3. The molecule has 16 heavy (non-hydrogen) atoms. The molecule has 0 heterocycles. The molecule has 0 aliphatic carbocycles. The van der Waals surface area contributed by atoms with Gasteiger partial charge in [0, 0.05) is 0 Å². The van der Waals surface area contributed by atoms with Crippen LogP contribution in [0.2, 0.25) is 0 Å². The second kappa shape index (κ2) is 6.62. The largest absolute Gasteiger partial charge is 0.673 e. The van der Waals surface area contributed by atoms with E-state index in [2.05, 4.69) is 41.5 Å². The SMILES string of the molecule is CC(C)[S+](=O)(C(C)C)C(C)C.F[B-](F)(F)F. The zero-order valence-electron chi connectivity index (χ0n) is 10.6. The van der Waals surface area contributed by atoms with Gasteiger partial charge in [0.05, 0.1) is 9.93 Å². The lowest BCUT2D eigenvalue weighted by Crippen LogP contribution is -2.38. The van der Waals surface area contributed by atoms with Gasteiger partial charge in [0.15, 0.2) is 0 Å². The van der Waals surface area contributed by atoms with E-state index < -0.39 is 17.2 Å². The number of rotatable bonds is 3. The fraction of sp³-hybridized carbons (Fsp3) is 1.00. The van der Waals surface area contributed by atoms with Crippen LogP contribution < -0.4 is 0 Å². The molecule has 0 aliphatic heterocycles. The van der Waals surface area contributed by atoms with E-state index in [1.807, 2.05) is 0 Å². The van der Waals surface area contributed by atoms with Crippen molar-refractivity contribution in [2.75, 3.05) is 0 Å². The number of halogens is 4. The molecule has 0 N–H and O–H groups in total. The molecule has 0 rings (SSSR count). The molecular weight excluding hydrogens is 243 g/mol. The standard InChI is InChI=1S/C9H21OS.BF4/c1-7(2)11(10,8(3)4)9(5)6;2-1(3,4)5/h7-9H,1-6H3;/q+1;-1. The average molecular weight is 264 g/mol. The lowest BCUT2D eigenvalue weighted by Gasteiger charge is -2.23. The topological polar surface area (TPSA) is 17.1 Å². The first kappa shape index (κ1) is 18.3. The highest BCUT2D eigenvalue weighted by molar-refractivity contribution is 8.04. The summed E-state index contributed by atoms with van der Waals surface area (Å²) >= 11 is 0. The second-order valence-corrected chi connectivity index (χ2v) is 8.56. The van der Waals surface area contributed by atoms with Crippen LogP contribution in [-0.4, -0.2) is 23.0 Å². The molecule has 0 atom stereocenters. The summed E-state index contributed by atoms with van der Waals surface area (Å²) in [7, 11) is -7.64. The van der Waals surface area contributed by atoms with Crippen molar-refractivity contribution < 1.29 is 21.5 Å². The van der Waals surface area contributed by atoms with E-state index in [1.165, 1.54) is 0 Å². The van der Waals surface area contributed by atoms with Crippen LogP contribution >= 0.6 is 0 Å². The molecule has 0 unspecified atom stereocenters. The molecule has 0 aromatic rings. The highest BCUT2D eigenvalue weighted by Gasteiger charge is 2.39. The van der Waals surface area contributed by atoms with Crippen molar-refractivity contribution in [1.82, 2.24) is 0 Å². The van der Waals surface area contributed by atoms with Crippen LogP contribution in [0.25, 0.3) is 0 Å². The van der Waals surface area contributed by atoms with E-state index >= 15 is 0 Å². The van der Waals surface area contributed by atoms with Crippen molar-refractivity contribution >= 4 is 17.2 Å². The summed E-state index contributed by atoms with van der Waals surface area (Å²) in [5, 5.41) is 0.924. The van der Waals surface area contributed by atoms with E-state index in [0.29, 0.717) is 15.7 Å². The van der Waals surface area contributed by atoms with Crippen molar-refractivity contribution in [2.45, 2.75) is 57.3 Å². The molecular formula is C9H21BF4OS. The number of hydrogen-bond donors (Lipinski definition) is 0. The molecule has 0 saturated carbocycles. The predicted octanol–water partition coefficient (Wildman–Crippen LogP) is 4.01. The Morgan fingerprint density at radius 3 is 0.875 bits per heavy atom. The highest BCUT2D eigenvalue weighted by atomic mass is 32.2. The van der Waals surface area contributed by atoms with Crippen LogP contribution in [0.5, 0.6) is 0 Å². The molecule has 0 aromatic heterocycles. The van der Waals surface area contributed by atoms with Crippen LogP contribution in [0.1, 0.15) is 41.5 Å². The van der Waals surface area contributed by atoms with Crippen LogP contribution in [-0.2, 0) is 14.1 Å². The Kier molecular flexibility index (Phi) is 7.57. The molecule has 0 spiro atoms. The molecule has 0 amide bonds. The Morgan fingerprint density at radius 2 is 0.875 bits per heavy atom. The molecule has 0 bridgehead atoms. The third kappa shape index (κ3) is 7.25. The molecule has 7 heteroatoms. The maximum atomic E-state index is 12.3. The Hall–Kier alpha value is -0.0651. The first-order valence-electron chi connectivity index (χ1n) is 5.21. The van der Waals surface area contributed by atoms with Crippen molar-refractivity contribution in [1.29, 1.82) is 0 Å². The van der Waals surface area contributed by atoms with Crippen LogP contribution in [0.15, 0.2) is 0 Å². The first-order chi connectivity index (χ1) is 6.83. The fourth-order valence-electron chi connectivity index (χ4n) is 1.63. The van der Waals surface area contributed by atoms with E-state index in [1.54, 1.807) is 0 Å². The van der Waals surface area contributed by atoms with Gasteiger partial charge in [-0.1, -0.05) is 0 Å². The van der Waals surface area contributed by atoms with E-state index in [-0.39, 0.29) is 0 Å². The molecule has 100 valence electrons. The van der Waals surface area contributed by atoms with Crippen molar-refractivity contribution in [3.05, 3.63) is 0 Å². The van der Waals surface area contributed by atoms with Gasteiger partial charge in [0.2, 0.25) is 0 Å². The minimum absolute atomic E-state index is 0.308. The zero-order chi connectivity index (χ0) is 13.7. The highest BCUT2D eigenvalue weighted by Crippen LogP contribution is 2.24. The fourth-order valence-corrected chi connectivity index (χ4v) is 4.90. The predicted molar refractivity (Wildman–Crippen MR) is 63.6 cm³/mol. The van der Waals surface area contributed by atoms with Gasteiger partial charge in [0.25, 0.3) is 0 Å². The van der Waals surface area contributed by atoms with Gasteiger partial charge in [-0.15, -0.1) is 4.21 Å². The molecule has 0 saturated heterocycles. The molecule has 0 aromatic carbocycles. The van der Waals surface area contributed by atoms with Gasteiger partial charge in [0.1, 0.15) is 15.7 Å². The summed E-state index contributed by atoms with van der Waals surface area (Å²) in [6, 6.07) is 0. The lowest BCUT2D eigenvalue weighted by atomic mass is 10.3. The van der Waals surface area contributed by atoms with Crippen LogP contribution in [0.3, 0.4) is 0 Å². The van der Waals surface area contributed by atoms with E-state index in [9.17, 15) is 21.5 Å². The third-order valence-corrected chi connectivity index (χ3v) is 6.63.